The van der Waals surface area contributed by atoms with Crippen LogP contribution in [0.4, 0.5) is 4.39 Å². The molecule has 2 aromatic heterocycles. The monoisotopic (exact) mass is 358 g/mol. The van der Waals surface area contributed by atoms with Gasteiger partial charge in [0.1, 0.15) is 17.0 Å². The third-order valence-corrected chi connectivity index (χ3v) is 4.40. The number of pyridine rings is 1. The number of rotatable bonds is 6. The van der Waals surface area contributed by atoms with Crippen molar-refractivity contribution in [1.29, 1.82) is 0 Å². The minimum absolute atomic E-state index is 0.264. The highest BCUT2D eigenvalue weighted by molar-refractivity contribution is 5.87. The molecular formula is C22H19FN4. The van der Waals surface area contributed by atoms with Gasteiger partial charge in [0.15, 0.2) is 0 Å². The fourth-order valence-corrected chi connectivity index (χ4v) is 2.92. The average molecular weight is 358 g/mol. The van der Waals surface area contributed by atoms with Gasteiger partial charge in [-0.15, -0.1) is 0 Å². The lowest BCUT2D eigenvalue weighted by molar-refractivity contribution is 0.627. The van der Waals surface area contributed by atoms with E-state index in [1.165, 1.54) is 17.7 Å². The molecule has 1 aromatic carbocycles. The van der Waals surface area contributed by atoms with Crippen LogP contribution in [0, 0.1) is 5.82 Å². The van der Waals surface area contributed by atoms with Crippen molar-refractivity contribution in [3.05, 3.63) is 89.5 Å². The van der Waals surface area contributed by atoms with Gasteiger partial charge < -0.3 is 5.32 Å². The van der Waals surface area contributed by atoms with E-state index >= 15 is 0 Å². The minimum atomic E-state index is -0.264. The van der Waals surface area contributed by atoms with Gasteiger partial charge in [-0.1, -0.05) is 43.0 Å². The van der Waals surface area contributed by atoms with Gasteiger partial charge in [-0.05, 0) is 47.9 Å². The van der Waals surface area contributed by atoms with Gasteiger partial charge in [-0.3, -0.25) is 5.10 Å². The van der Waals surface area contributed by atoms with Gasteiger partial charge in [0.05, 0.1) is 16.9 Å². The van der Waals surface area contributed by atoms with Gasteiger partial charge in [0, 0.05) is 6.54 Å². The third kappa shape index (κ3) is 3.87. The second-order valence-corrected chi connectivity index (χ2v) is 6.38. The van der Waals surface area contributed by atoms with Gasteiger partial charge >= 0.3 is 0 Å². The Morgan fingerprint density at radius 2 is 2.19 bits per heavy atom. The Bertz CT molecular complexity index is 1090. The van der Waals surface area contributed by atoms with Crippen LogP contribution < -0.4 is 5.32 Å². The predicted octanol–water partition coefficient (Wildman–Crippen LogP) is 4.71. The highest BCUT2D eigenvalue weighted by Crippen LogP contribution is 2.19. The summed E-state index contributed by atoms with van der Waals surface area (Å²) in [5, 5.41) is 10.6. The van der Waals surface area contributed by atoms with Gasteiger partial charge in [0.25, 0.3) is 0 Å². The molecule has 0 amide bonds. The molecule has 0 saturated carbocycles. The number of fused-ring (bicyclic) bond motifs is 1. The number of halogens is 1. The van der Waals surface area contributed by atoms with Crippen LogP contribution in [0.25, 0.3) is 28.9 Å². The molecule has 0 unspecified atom stereocenters. The highest BCUT2D eigenvalue weighted by Gasteiger charge is 2.09. The Balaban J connectivity index is 1.54. The van der Waals surface area contributed by atoms with Crippen molar-refractivity contribution in [3.8, 4) is 0 Å². The Kier molecular flexibility index (Phi) is 4.66. The van der Waals surface area contributed by atoms with Crippen molar-refractivity contribution >= 4 is 28.9 Å². The summed E-state index contributed by atoms with van der Waals surface area (Å²) in [6, 6.07) is 10.3. The Labute approximate surface area is 156 Å². The predicted molar refractivity (Wildman–Crippen MR) is 108 cm³/mol. The number of nitrogens with one attached hydrogen (secondary N) is 2. The second kappa shape index (κ2) is 7.41. The minimum Gasteiger partial charge on any atom is -0.380 e. The molecule has 3 aromatic rings. The lowest BCUT2D eigenvalue weighted by atomic mass is 10.2. The topological polar surface area (TPSA) is 53.6 Å². The van der Waals surface area contributed by atoms with E-state index in [1.807, 2.05) is 30.4 Å². The first-order valence-corrected chi connectivity index (χ1v) is 8.75. The van der Waals surface area contributed by atoms with E-state index in [2.05, 4.69) is 40.3 Å². The first-order chi connectivity index (χ1) is 13.2. The average Bonchev–Trinajstić information content (AvgIpc) is 3.34. The SMILES string of the molecule is C=C(NCC1=CC=CC1)c1ccc2[nH]nc(/C=C/c3cccc(F)c3)c2n1. The molecule has 5 heteroatoms. The van der Waals surface area contributed by atoms with Crippen LogP contribution in [0.3, 0.4) is 0 Å². The first-order valence-electron chi connectivity index (χ1n) is 8.75. The molecule has 0 saturated heterocycles. The summed E-state index contributed by atoms with van der Waals surface area (Å²) in [4.78, 5) is 4.69. The number of H-pyrrole nitrogens is 1. The van der Waals surface area contributed by atoms with Crippen LogP contribution in [-0.4, -0.2) is 21.7 Å². The van der Waals surface area contributed by atoms with Crippen molar-refractivity contribution < 1.29 is 4.39 Å². The molecule has 4 nitrogen and oxygen atoms in total. The molecule has 0 aliphatic heterocycles. The van der Waals surface area contributed by atoms with E-state index in [1.54, 1.807) is 6.07 Å². The van der Waals surface area contributed by atoms with E-state index in [9.17, 15) is 4.39 Å². The number of hydrogen-bond donors (Lipinski definition) is 2. The molecule has 27 heavy (non-hydrogen) atoms. The molecule has 0 radical (unpaired) electrons. The fraction of sp³-hybridized carbons (Fsp3) is 0.0909. The van der Waals surface area contributed by atoms with Crippen LogP contribution in [-0.2, 0) is 0 Å². The molecule has 2 heterocycles. The zero-order valence-corrected chi connectivity index (χ0v) is 14.7. The highest BCUT2D eigenvalue weighted by atomic mass is 19.1. The molecule has 0 bridgehead atoms. The maximum absolute atomic E-state index is 13.3. The Morgan fingerprint density at radius 3 is 3.00 bits per heavy atom. The van der Waals surface area contributed by atoms with E-state index in [-0.39, 0.29) is 5.82 Å². The van der Waals surface area contributed by atoms with Gasteiger partial charge in [-0.2, -0.15) is 5.10 Å². The van der Waals surface area contributed by atoms with Crippen molar-refractivity contribution in [2.75, 3.05) is 6.54 Å². The summed E-state index contributed by atoms with van der Waals surface area (Å²) < 4.78 is 13.3. The van der Waals surface area contributed by atoms with Crippen LogP contribution in [0.15, 0.2) is 66.8 Å². The van der Waals surface area contributed by atoms with Gasteiger partial charge in [0.2, 0.25) is 0 Å². The normalized spacial score (nSPS) is 13.4. The van der Waals surface area contributed by atoms with E-state index in [4.69, 9.17) is 4.98 Å². The van der Waals surface area contributed by atoms with Crippen LogP contribution in [0.2, 0.25) is 0 Å². The van der Waals surface area contributed by atoms with Crippen LogP contribution in [0.1, 0.15) is 23.4 Å². The number of hydrogen-bond acceptors (Lipinski definition) is 3. The number of aromatic nitrogens is 3. The quantitative estimate of drug-likeness (QED) is 0.671. The lowest BCUT2D eigenvalue weighted by Crippen LogP contribution is -2.15. The fourth-order valence-electron chi connectivity index (χ4n) is 2.92. The smallest absolute Gasteiger partial charge is 0.123 e. The van der Waals surface area contributed by atoms with E-state index < -0.39 is 0 Å². The number of nitrogens with zero attached hydrogens (tertiary/aromatic N) is 2. The summed E-state index contributed by atoms with van der Waals surface area (Å²) in [6.07, 6.45) is 10.9. The molecule has 2 N–H and O–H groups in total. The lowest BCUT2D eigenvalue weighted by Gasteiger charge is -2.09. The van der Waals surface area contributed by atoms with Crippen molar-refractivity contribution in [3.63, 3.8) is 0 Å². The van der Waals surface area contributed by atoms with E-state index in [0.29, 0.717) is 5.69 Å². The second-order valence-electron chi connectivity index (χ2n) is 6.38. The van der Waals surface area contributed by atoms with Crippen LogP contribution in [0.5, 0.6) is 0 Å². The van der Waals surface area contributed by atoms with Crippen molar-refractivity contribution in [2.24, 2.45) is 0 Å². The largest absolute Gasteiger partial charge is 0.380 e. The molecule has 1 aliphatic rings. The zero-order chi connectivity index (χ0) is 18.6. The summed E-state index contributed by atoms with van der Waals surface area (Å²) >= 11 is 0. The molecular weight excluding hydrogens is 339 g/mol. The maximum Gasteiger partial charge on any atom is 0.123 e. The van der Waals surface area contributed by atoms with Gasteiger partial charge in [-0.25, -0.2) is 9.37 Å². The third-order valence-electron chi connectivity index (χ3n) is 4.40. The van der Waals surface area contributed by atoms with Crippen molar-refractivity contribution in [1.82, 2.24) is 20.5 Å². The standard InChI is InChI=1S/C22H19FN4/c1-15(24-14-17-5-2-3-6-17)19-11-12-21-22(25-19)20(26-27-21)10-9-16-7-4-8-18(23)13-16/h2-5,7-13,24H,1,6,14H2,(H,26,27)/b10-9+. The Hall–Kier alpha value is -3.47. The van der Waals surface area contributed by atoms with E-state index in [0.717, 1.165) is 41.0 Å². The zero-order valence-electron chi connectivity index (χ0n) is 14.7. The maximum atomic E-state index is 13.3. The van der Waals surface area contributed by atoms with Crippen molar-refractivity contribution in [2.45, 2.75) is 6.42 Å². The molecule has 134 valence electrons. The molecule has 0 spiro atoms. The molecule has 4 rings (SSSR count). The summed E-state index contributed by atoms with van der Waals surface area (Å²) in [7, 11) is 0. The molecule has 0 fully saturated rings. The Morgan fingerprint density at radius 1 is 1.26 bits per heavy atom. The summed E-state index contributed by atoms with van der Waals surface area (Å²) in [5.74, 6) is -0.264. The van der Waals surface area contributed by atoms with Crippen LogP contribution >= 0.6 is 0 Å². The molecule has 0 atom stereocenters. The molecule has 1 aliphatic carbocycles. The summed E-state index contributed by atoms with van der Waals surface area (Å²) in [6.45, 7) is 4.85. The summed E-state index contributed by atoms with van der Waals surface area (Å²) in [5.41, 5.74) is 5.93. The number of allylic oxidation sites excluding steroid dienone is 3. The number of aromatic amines is 1. The number of benzene rings is 1. The first kappa shape index (κ1) is 17.0.